The minimum atomic E-state index is -1.19. The van der Waals surface area contributed by atoms with Gasteiger partial charge in [0.05, 0.1) is 11.7 Å². The van der Waals surface area contributed by atoms with E-state index in [1.165, 1.54) is 13.8 Å². The summed E-state index contributed by atoms with van der Waals surface area (Å²) in [5.74, 6) is -0.950. The van der Waals surface area contributed by atoms with Gasteiger partial charge >= 0.3 is 5.97 Å². The molecule has 0 N–H and O–H groups in total. The summed E-state index contributed by atoms with van der Waals surface area (Å²) in [6.07, 6.45) is -3.07. The molecule has 0 aliphatic carbocycles. The molecule has 0 aliphatic heterocycles. The van der Waals surface area contributed by atoms with E-state index < -0.39 is 30.7 Å². The largest absolute Gasteiger partial charge is 0.459 e. The zero-order chi connectivity index (χ0) is 13.7. The molecule has 0 amide bonds. The lowest BCUT2D eigenvalue weighted by molar-refractivity contribution is -0.117. The van der Waals surface area contributed by atoms with E-state index in [9.17, 15) is 9.59 Å². The van der Waals surface area contributed by atoms with E-state index in [-0.39, 0.29) is 0 Å². The molecule has 3 atom stereocenters. The Balaban J connectivity index is 2.62. The van der Waals surface area contributed by atoms with Gasteiger partial charge in [-0.3, -0.25) is 0 Å². The summed E-state index contributed by atoms with van der Waals surface area (Å²) >= 11 is 0. The van der Waals surface area contributed by atoms with Crippen molar-refractivity contribution in [2.75, 3.05) is 0 Å². The van der Waals surface area contributed by atoms with E-state index >= 15 is 0 Å². The predicted octanol–water partition coefficient (Wildman–Crippen LogP) is 2.60. The van der Waals surface area contributed by atoms with E-state index in [0.29, 0.717) is 5.56 Å². The summed E-state index contributed by atoms with van der Waals surface area (Å²) in [7, 11) is 0. The number of ether oxygens (including phenoxy) is 1. The molecule has 0 bridgehead atoms. The van der Waals surface area contributed by atoms with Crippen LogP contribution < -0.4 is 0 Å². The van der Waals surface area contributed by atoms with Gasteiger partial charge in [0.15, 0.2) is 0 Å². The Morgan fingerprint density at radius 2 is 2.00 bits per heavy atom. The quantitative estimate of drug-likeness (QED) is 0.719. The van der Waals surface area contributed by atoms with Gasteiger partial charge in [0.25, 0.3) is 0 Å². The first-order chi connectivity index (χ1) is 8.43. The summed E-state index contributed by atoms with van der Waals surface area (Å²) in [6.45, 7) is 2.77. The monoisotopic (exact) mass is 222 g/mol. The summed E-state index contributed by atoms with van der Waals surface area (Å²) < 4.78 is 20.2. The van der Waals surface area contributed by atoms with Crippen LogP contribution in [0.4, 0.5) is 0 Å². The molecule has 0 heterocycles. The Bertz CT molecular complexity index is 420. The molecular weight excluding hydrogens is 204 g/mol. The molecule has 0 aliphatic rings. The zero-order valence-electron chi connectivity index (χ0n) is 11.3. The smallest absolute Gasteiger partial charge is 0.338 e. The van der Waals surface area contributed by atoms with Crippen LogP contribution in [0.15, 0.2) is 30.3 Å². The van der Waals surface area contributed by atoms with Crippen LogP contribution in [0, 0.1) is 0 Å². The predicted molar refractivity (Wildman–Crippen MR) is 61.2 cm³/mol. The average Bonchev–Trinajstić information content (AvgIpc) is 2.37. The van der Waals surface area contributed by atoms with Crippen LogP contribution in [0.1, 0.15) is 39.7 Å². The maximum Gasteiger partial charge on any atom is 0.338 e. The van der Waals surface area contributed by atoms with E-state index in [1.807, 2.05) is 0 Å². The first kappa shape index (κ1) is 9.58. The van der Waals surface area contributed by atoms with Crippen LogP contribution in [0.2, 0.25) is 0 Å². The van der Waals surface area contributed by atoms with Gasteiger partial charge < -0.3 is 9.53 Å². The lowest BCUT2D eigenvalue weighted by atomic mass is 10.1. The maximum absolute atomic E-state index is 11.7. The topological polar surface area (TPSA) is 43.4 Å². The van der Waals surface area contributed by atoms with Crippen molar-refractivity contribution in [3.63, 3.8) is 0 Å². The molecule has 0 radical (unpaired) electrons. The number of benzene rings is 1. The number of carbonyl (C=O) groups excluding carboxylic acids is 2. The number of esters is 1. The first-order valence-electron chi connectivity index (χ1n) is 6.20. The van der Waals surface area contributed by atoms with Crippen molar-refractivity contribution in [1.29, 1.82) is 0 Å². The molecule has 3 heteroatoms. The van der Waals surface area contributed by atoms with Crippen LogP contribution in [0.3, 0.4) is 0 Å². The second-order valence-electron chi connectivity index (χ2n) is 3.45. The van der Waals surface area contributed by atoms with Crippen LogP contribution in [-0.2, 0) is 9.53 Å². The lowest BCUT2D eigenvalue weighted by Crippen LogP contribution is -2.15. The van der Waals surface area contributed by atoms with Crippen molar-refractivity contribution in [3.05, 3.63) is 35.9 Å². The molecule has 1 rings (SSSR count). The third kappa shape index (κ3) is 4.26. The Morgan fingerprint density at radius 3 is 2.56 bits per heavy atom. The molecule has 16 heavy (non-hydrogen) atoms. The Labute approximate surface area is 98.2 Å². The number of rotatable bonds is 5. The van der Waals surface area contributed by atoms with Crippen LogP contribution in [0.5, 0.6) is 0 Å². The number of hydrogen-bond donors (Lipinski definition) is 0. The van der Waals surface area contributed by atoms with Gasteiger partial charge in [0.2, 0.25) is 0 Å². The van der Waals surface area contributed by atoms with Gasteiger partial charge in [-0.05, 0) is 32.4 Å². The Kier molecular flexibility index (Phi) is 3.62. The SMILES string of the molecule is [2H][C@H]([C@H](C)OC(=O)c1ccccc1)[C@H]([2H])C(C)=O. The highest BCUT2D eigenvalue weighted by molar-refractivity contribution is 5.89. The molecule has 1 aromatic carbocycles. The Morgan fingerprint density at radius 1 is 1.38 bits per heavy atom. The zero-order valence-corrected chi connectivity index (χ0v) is 9.34. The standard InChI is InChI=1S/C13H16O3/c1-10(14)8-9-11(2)16-13(15)12-6-4-3-5-7-12/h3-7,11H,8-9H2,1-2H3/t11-/m0/s1/i8D,9D/t8-,9-,11-. The third-order valence-corrected chi connectivity index (χ3v) is 1.90. The van der Waals surface area contributed by atoms with Crippen molar-refractivity contribution in [2.45, 2.75) is 32.7 Å². The summed E-state index contributed by atoms with van der Waals surface area (Å²) in [5.41, 5.74) is 0.390. The second kappa shape index (κ2) is 6.05. The van der Waals surface area contributed by atoms with Gasteiger partial charge in [0.1, 0.15) is 5.78 Å². The van der Waals surface area contributed by atoms with Crippen molar-refractivity contribution < 1.29 is 17.1 Å². The molecule has 0 spiro atoms. The lowest BCUT2D eigenvalue weighted by Gasteiger charge is -2.12. The average molecular weight is 222 g/mol. The molecule has 0 saturated carbocycles. The minimum absolute atomic E-state index is 0.390. The molecule has 0 unspecified atom stereocenters. The van der Waals surface area contributed by atoms with Crippen LogP contribution in [-0.4, -0.2) is 17.9 Å². The van der Waals surface area contributed by atoms with Crippen molar-refractivity contribution in [3.8, 4) is 0 Å². The van der Waals surface area contributed by atoms with Gasteiger partial charge in [-0.15, -0.1) is 0 Å². The van der Waals surface area contributed by atoms with E-state index in [1.54, 1.807) is 30.3 Å². The highest BCUT2D eigenvalue weighted by Crippen LogP contribution is 2.07. The van der Waals surface area contributed by atoms with Gasteiger partial charge in [-0.2, -0.15) is 0 Å². The van der Waals surface area contributed by atoms with E-state index in [0.717, 1.165) is 0 Å². The van der Waals surface area contributed by atoms with Crippen LogP contribution in [0.25, 0.3) is 0 Å². The maximum atomic E-state index is 11.7. The summed E-state index contributed by atoms with van der Waals surface area (Å²) in [5, 5.41) is 0. The van der Waals surface area contributed by atoms with Crippen LogP contribution >= 0.6 is 0 Å². The van der Waals surface area contributed by atoms with Gasteiger partial charge in [0, 0.05) is 9.14 Å². The number of ketones is 1. The van der Waals surface area contributed by atoms with Crippen molar-refractivity contribution in [2.24, 2.45) is 0 Å². The molecule has 0 fully saturated rings. The number of Topliss-reactive ketones (excluding diaryl/α,β-unsaturated/α-hetero) is 1. The second-order valence-corrected chi connectivity index (χ2v) is 3.45. The van der Waals surface area contributed by atoms with E-state index in [4.69, 9.17) is 7.48 Å². The number of carbonyl (C=O) groups is 2. The minimum Gasteiger partial charge on any atom is -0.459 e. The fraction of sp³-hybridized carbons (Fsp3) is 0.385. The van der Waals surface area contributed by atoms with E-state index in [2.05, 4.69) is 0 Å². The summed E-state index contributed by atoms with van der Waals surface area (Å²) in [4.78, 5) is 22.7. The normalized spacial score (nSPS) is 17.6. The molecule has 3 nitrogen and oxygen atoms in total. The molecule has 0 aromatic heterocycles. The van der Waals surface area contributed by atoms with Crippen molar-refractivity contribution >= 4 is 11.8 Å². The number of hydrogen-bond acceptors (Lipinski definition) is 3. The Hall–Kier alpha value is -1.64. The molecule has 1 aromatic rings. The van der Waals surface area contributed by atoms with Crippen molar-refractivity contribution in [1.82, 2.24) is 0 Å². The molecule has 86 valence electrons. The first-order valence-corrected chi connectivity index (χ1v) is 5.04. The van der Waals surface area contributed by atoms with Gasteiger partial charge in [-0.1, -0.05) is 18.2 Å². The third-order valence-electron chi connectivity index (χ3n) is 1.90. The molecular formula is C13H16O3. The summed E-state index contributed by atoms with van der Waals surface area (Å²) in [6, 6.07) is 8.42. The fourth-order valence-electron chi connectivity index (χ4n) is 1.12. The van der Waals surface area contributed by atoms with Gasteiger partial charge in [-0.25, -0.2) is 4.79 Å². The molecule has 0 saturated heterocycles. The highest BCUT2D eigenvalue weighted by Gasteiger charge is 2.11. The fourth-order valence-corrected chi connectivity index (χ4v) is 1.12. The highest BCUT2D eigenvalue weighted by atomic mass is 16.5.